The zero-order valence-corrected chi connectivity index (χ0v) is 30.3. The van der Waals surface area contributed by atoms with Gasteiger partial charge in [-0.1, -0.05) is 33.7 Å². The topological polar surface area (TPSA) is 140 Å². The van der Waals surface area contributed by atoms with E-state index in [0.29, 0.717) is 48.2 Å². The zero-order chi connectivity index (χ0) is 35.0. The molecule has 3 aliphatic rings. The Balaban J connectivity index is 1.26. The van der Waals surface area contributed by atoms with E-state index in [1.54, 1.807) is 24.5 Å². The van der Waals surface area contributed by atoms with Gasteiger partial charge in [-0.15, -0.1) is 0 Å². The number of nitrogens with one attached hydrogen (secondary N) is 1. The van der Waals surface area contributed by atoms with E-state index in [2.05, 4.69) is 10.3 Å². The molecule has 3 heterocycles. The molecule has 2 fully saturated rings. The summed E-state index contributed by atoms with van der Waals surface area (Å²) in [5.41, 5.74) is 2.66. The summed E-state index contributed by atoms with van der Waals surface area (Å²) in [6.45, 7) is 2.59. The molecular formula is C38H48N2O8S2. The molecule has 4 N–H and O–H groups in total. The SMILES string of the molecule is CNC[C@@H]1SSC[C@@H]([C@H]2C[C@H](OC(C)=O)C[C@@H](c3cc(O)c(O)c(OCCc4cccnc4)c3)O2)Cc2ccc(O)c(c2)O[C@@H]2CCC[C@H]1C2. The number of phenolic OH excluding ortho intramolecular Hbond substituents is 3. The molecule has 0 spiro atoms. The molecule has 1 aliphatic carbocycles. The number of esters is 1. The fourth-order valence-electron chi connectivity index (χ4n) is 7.38. The van der Waals surface area contributed by atoms with Crippen LogP contribution in [0.1, 0.15) is 68.2 Å². The number of hydrogen-bond donors (Lipinski definition) is 4. The lowest BCUT2D eigenvalue weighted by atomic mass is 9.84. The van der Waals surface area contributed by atoms with Crippen molar-refractivity contribution in [1.29, 1.82) is 0 Å². The Bertz CT molecular complexity index is 1580. The second-order valence-corrected chi connectivity index (χ2v) is 16.3. The van der Waals surface area contributed by atoms with E-state index < -0.39 is 12.2 Å². The molecule has 2 aromatic carbocycles. The molecule has 1 saturated heterocycles. The summed E-state index contributed by atoms with van der Waals surface area (Å²) in [5.74, 6) is 1.15. The van der Waals surface area contributed by atoms with Gasteiger partial charge in [-0.3, -0.25) is 9.78 Å². The number of hydrogen-bond acceptors (Lipinski definition) is 12. The predicted molar refractivity (Wildman–Crippen MR) is 195 cm³/mol. The highest BCUT2D eigenvalue weighted by Crippen LogP contribution is 2.46. The standard InChI is InChI=1S/C38H48N2O8S2/c1-23(41)46-30-18-33(27-16-32(43)38(44)36(17-27)45-12-10-24-5-4-11-40-20-24)48-34(19-30)28-13-25-8-9-31(42)35(14-25)47-29-7-3-6-26(15-29)37(21-39-2)50-49-22-28/h4-5,8-9,11,14,16-17,20,26,28-30,33-34,37,39,42-44H,3,6-7,10,12-13,15,18-19,21-22H2,1-2H3/t26-,28-,29+,30+,33-,34+,37-/m0/s1. The smallest absolute Gasteiger partial charge is 0.302 e. The third kappa shape index (κ3) is 9.51. The van der Waals surface area contributed by atoms with Crippen molar-refractivity contribution in [2.45, 2.75) is 88.0 Å². The van der Waals surface area contributed by atoms with Crippen molar-refractivity contribution in [3.63, 3.8) is 0 Å². The third-order valence-electron chi connectivity index (χ3n) is 9.88. The van der Waals surface area contributed by atoms with Gasteiger partial charge in [0, 0.05) is 56.1 Å². The number of carbonyl (C=O) groups is 1. The van der Waals surface area contributed by atoms with Crippen molar-refractivity contribution in [1.82, 2.24) is 10.3 Å². The highest BCUT2D eigenvalue weighted by Gasteiger charge is 2.38. The van der Waals surface area contributed by atoms with Gasteiger partial charge in [-0.25, -0.2) is 0 Å². The van der Waals surface area contributed by atoms with Gasteiger partial charge in [-0.05, 0) is 98.0 Å². The van der Waals surface area contributed by atoms with Crippen LogP contribution in [0.5, 0.6) is 28.7 Å². The second kappa shape index (κ2) is 17.3. The van der Waals surface area contributed by atoms with E-state index in [0.717, 1.165) is 49.1 Å². The first-order chi connectivity index (χ1) is 24.2. The van der Waals surface area contributed by atoms with Gasteiger partial charge in [0.05, 0.1) is 24.9 Å². The molecular weight excluding hydrogens is 677 g/mol. The molecule has 6 rings (SSSR count). The summed E-state index contributed by atoms with van der Waals surface area (Å²) in [4.78, 5) is 16.4. The number of ether oxygens (including phenoxy) is 4. The molecule has 0 unspecified atom stereocenters. The Kier molecular flexibility index (Phi) is 12.6. The van der Waals surface area contributed by atoms with E-state index in [1.165, 1.54) is 13.0 Å². The number of nitrogens with zero attached hydrogens (tertiary/aromatic N) is 1. The van der Waals surface area contributed by atoms with Crippen LogP contribution in [0.25, 0.3) is 0 Å². The van der Waals surface area contributed by atoms with Gasteiger partial charge in [-0.2, -0.15) is 0 Å². The summed E-state index contributed by atoms with van der Waals surface area (Å²) in [7, 11) is 5.79. The van der Waals surface area contributed by atoms with E-state index in [9.17, 15) is 20.1 Å². The van der Waals surface area contributed by atoms with Gasteiger partial charge in [0.15, 0.2) is 23.0 Å². The van der Waals surface area contributed by atoms with Crippen molar-refractivity contribution in [2.75, 3.05) is 26.0 Å². The number of aromatic nitrogens is 1. The number of phenols is 3. The number of rotatable bonds is 9. The highest BCUT2D eigenvalue weighted by atomic mass is 33.1. The Labute approximate surface area is 302 Å². The second-order valence-electron chi connectivity index (χ2n) is 13.6. The summed E-state index contributed by atoms with van der Waals surface area (Å²) < 4.78 is 25.1. The van der Waals surface area contributed by atoms with Gasteiger partial charge < -0.3 is 39.6 Å². The number of carbonyl (C=O) groups excluding carboxylic acids is 1. The minimum absolute atomic E-state index is 0.0297. The normalized spacial score (nSPS) is 27.1. The molecule has 0 radical (unpaired) electrons. The monoisotopic (exact) mass is 724 g/mol. The largest absolute Gasteiger partial charge is 0.504 e. The Hall–Kier alpha value is -3.32. The maximum Gasteiger partial charge on any atom is 0.302 e. The third-order valence-corrected chi connectivity index (χ3v) is 12.9. The Morgan fingerprint density at radius 3 is 2.74 bits per heavy atom. The molecule has 270 valence electrons. The molecule has 7 atom stereocenters. The number of fused-ring (bicyclic) bond motifs is 4. The van der Waals surface area contributed by atoms with Crippen molar-refractivity contribution < 1.29 is 39.1 Å². The number of aromatic hydroxyl groups is 3. The van der Waals surface area contributed by atoms with Crippen LogP contribution in [-0.2, 0) is 27.1 Å². The quantitative estimate of drug-likeness (QED) is 0.105. The summed E-state index contributed by atoms with van der Waals surface area (Å²) >= 11 is 0. The maximum absolute atomic E-state index is 12.2. The van der Waals surface area contributed by atoms with E-state index in [1.807, 2.05) is 52.9 Å². The van der Waals surface area contributed by atoms with Crippen molar-refractivity contribution in [3.8, 4) is 28.7 Å². The molecule has 0 amide bonds. The Morgan fingerprint density at radius 2 is 1.94 bits per heavy atom. The average Bonchev–Trinajstić information content (AvgIpc) is 3.11. The van der Waals surface area contributed by atoms with Crippen LogP contribution in [0.3, 0.4) is 0 Å². The first kappa shape index (κ1) is 36.5. The van der Waals surface area contributed by atoms with E-state index in [-0.39, 0.29) is 53.7 Å². The van der Waals surface area contributed by atoms with Gasteiger partial charge in [0.1, 0.15) is 6.10 Å². The molecule has 10 nitrogen and oxygen atoms in total. The molecule has 1 aromatic heterocycles. The van der Waals surface area contributed by atoms with Crippen LogP contribution in [0.2, 0.25) is 0 Å². The number of benzene rings is 2. The fraction of sp³-hybridized carbons (Fsp3) is 0.526. The first-order valence-electron chi connectivity index (χ1n) is 17.6. The summed E-state index contributed by atoms with van der Waals surface area (Å²) in [6.07, 6.45) is 8.68. The van der Waals surface area contributed by atoms with E-state index in [4.69, 9.17) is 18.9 Å². The zero-order valence-electron chi connectivity index (χ0n) is 28.7. The molecule has 4 bridgehead atoms. The van der Waals surface area contributed by atoms with Crippen LogP contribution in [0.15, 0.2) is 54.9 Å². The van der Waals surface area contributed by atoms with Gasteiger partial charge >= 0.3 is 5.97 Å². The van der Waals surface area contributed by atoms with Gasteiger partial charge in [0.25, 0.3) is 0 Å². The van der Waals surface area contributed by atoms with Crippen LogP contribution in [0, 0.1) is 11.8 Å². The Morgan fingerprint density at radius 1 is 1.06 bits per heavy atom. The lowest BCUT2D eigenvalue weighted by molar-refractivity contribution is -0.163. The summed E-state index contributed by atoms with van der Waals surface area (Å²) in [5, 5.41) is 36.0. The van der Waals surface area contributed by atoms with Crippen LogP contribution >= 0.6 is 21.6 Å². The van der Waals surface area contributed by atoms with Crippen molar-refractivity contribution in [2.24, 2.45) is 11.8 Å². The lowest BCUT2D eigenvalue weighted by Crippen LogP contribution is -2.39. The fourth-order valence-corrected chi connectivity index (χ4v) is 10.7. The first-order valence-corrected chi connectivity index (χ1v) is 20.0. The van der Waals surface area contributed by atoms with E-state index >= 15 is 0 Å². The lowest BCUT2D eigenvalue weighted by Gasteiger charge is -2.39. The van der Waals surface area contributed by atoms with Crippen molar-refractivity contribution in [3.05, 3.63) is 71.5 Å². The molecule has 50 heavy (non-hydrogen) atoms. The maximum atomic E-state index is 12.2. The minimum Gasteiger partial charge on any atom is -0.504 e. The molecule has 2 aliphatic heterocycles. The minimum atomic E-state index is -0.525. The molecule has 3 aromatic rings. The molecule has 1 saturated carbocycles. The van der Waals surface area contributed by atoms with Crippen LogP contribution in [0.4, 0.5) is 0 Å². The van der Waals surface area contributed by atoms with Gasteiger partial charge in [0.2, 0.25) is 5.75 Å². The highest BCUT2D eigenvalue weighted by molar-refractivity contribution is 8.76. The predicted octanol–water partition coefficient (Wildman–Crippen LogP) is 6.75. The number of pyridine rings is 1. The summed E-state index contributed by atoms with van der Waals surface area (Å²) in [6, 6.07) is 12.6. The van der Waals surface area contributed by atoms with Crippen molar-refractivity contribution >= 4 is 27.6 Å². The van der Waals surface area contributed by atoms with Crippen LogP contribution < -0.4 is 14.8 Å². The molecule has 12 heteroatoms. The van der Waals surface area contributed by atoms with Crippen LogP contribution in [-0.4, -0.2) is 75.8 Å². The average molecular weight is 725 g/mol.